The second-order valence-corrected chi connectivity index (χ2v) is 4.18. The van der Waals surface area contributed by atoms with Crippen LogP contribution in [0.2, 0.25) is 0 Å². The number of benzene rings is 1. The minimum Gasteiger partial charge on any atom is -0.493 e. The zero-order valence-corrected chi connectivity index (χ0v) is 11.1. The van der Waals surface area contributed by atoms with Gasteiger partial charge in [-0.1, -0.05) is 0 Å². The molecule has 1 heterocycles. The maximum atomic E-state index is 5.69. The largest absolute Gasteiger partial charge is 0.493 e. The van der Waals surface area contributed by atoms with Crippen molar-refractivity contribution in [2.45, 2.75) is 20.0 Å². The molecule has 4 nitrogen and oxygen atoms in total. The summed E-state index contributed by atoms with van der Waals surface area (Å²) < 4.78 is 16.4. The number of pyridine rings is 1. The highest BCUT2D eigenvalue weighted by molar-refractivity contribution is 5.93. The molecule has 0 bridgehead atoms. The average Bonchev–Trinajstić information content (AvgIpc) is 2.37. The number of rotatable bonds is 4. The number of hydrogen-bond acceptors (Lipinski definition) is 4. The van der Waals surface area contributed by atoms with Gasteiger partial charge in [-0.15, -0.1) is 0 Å². The molecule has 0 saturated heterocycles. The molecule has 0 saturated carbocycles. The maximum absolute atomic E-state index is 5.69. The van der Waals surface area contributed by atoms with Gasteiger partial charge in [0.2, 0.25) is 5.88 Å². The molecule has 0 spiro atoms. The number of hydrogen-bond donors (Lipinski definition) is 0. The summed E-state index contributed by atoms with van der Waals surface area (Å²) in [6.07, 6.45) is 1.79. The molecular weight excluding hydrogens is 230 g/mol. The van der Waals surface area contributed by atoms with E-state index >= 15 is 0 Å². The molecule has 96 valence electrons. The first-order chi connectivity index (χ1) is 8.67. The van der Waals surface area contributed by atoms with Gasteiger partial charge < -0.3 is 14.2 Å². The molecule has 0 aliphatic carbocycles. The SMILES string of the molecule is COc1ccc2c(OC(C)C)nccc2c1OC. The summed E-state index contributed by atoms with van der Waals surface area (Å²) in [6.45, 7) is 3.95. The summed E-state index contributed by atoms with van der Waals surface area (Å²) >= 11 is 0. The number of nitrogens with zero attached hydrogens (tertiary/aromatic N) is 1. The third kappa shape index (κ3) is 2.18. The van der Waals surface area contributed by atoms with E-state index in [-0.39, 0.29) is 6.10 Å². The molecule has 0 fully saturated rings. The standard InChI is InChI=1S/C14H17NO3/c1-9(2)18-14-11-5-6-12(16-3)13(17-4)10(11)7-8-15-14/h5-9H,1-4H3. The van der Waals surface area contributed by atoms with Crippen LogP contribution in [-0.2, 0) is 0 Å². The Labute approximate surface area is 106 Å². The van der Waals surface area contributed by atoms with Crippen LogP contribution >= 0.6 is 0 Å². The lowest BCUT2D eigenvalue weighted by molar-refractivity contribution is 0.236. The van der Waals surface area contributed by atoms with Gasteiger partial charge in [0.25, 0.3) is 0 Å². The number of aromatic nitrogens is 1. The third-order valence-corrected chi connectivity index (χ3v) is 2.59. The van der Waals surface area contributed by atoms with Crippen LogP contribution in [0.15, 0.2) is 24.4 Å². The quantitative estimate of drug-likeness (QED) is 0.832. The van der Waals surface area contributed by atoms with Gasteiger partial charge >= 0.3 is 0 Å². The van der Waals surface area contributed by atoms with E-state index in [0.717, 1.165) is 10.8 Å². The molecule has 0 unspecified atom stereocenters. The van der Waals surface area contributed by atoms with Gasteiger partial charge in [-0.05, 0) is 32.0 Å². The van der Waals surface area contributed by atoms with Crippen molar-refractivity contribution in [2.24, 2.45) is 0 Å². The lowest BCUT2D eigenvalue weighted by Gasteiger charge is -2.14. The minimum absolute atomic E-state index is 0.0798. The van der Waals surface area contributed by atoms with Gasteiger partial charge in [-0.3, -0.25) is 0 Å². The second-order valence-electron chi connectivity index (χ2n) is 4.18. The molecule has 0 atom stereocenters. The molecule has 0 amide bonds. The number of ether oxygens (including phenoxy) is 3. The molecule has 1 aromatic heterocycles. The fourth-order valence-electron chi connectivity index (χ4n) is 1.87. The summed E-state index contributed by atoms with van der Waals surface area (Å²) in [6, 6.07) is 5.68. The second kappa shape index (κ2) is 5.12. The van der Waals surface area contributed by atoms with Crippen LogP contribution in [0.5, 0.6) is 17.4 Å². The molecule has 0 N–H and O–H groups in total. The molecule has 18 heavy (non-hydrogen) atoms. The smallest absolute Gasteiger partial charge is 0.221 e. The highest BCUT2D eigenvalue weighted by Gasteiger charge is 2.13. The summed E-state index contributed by atoms with van der Waals surface area (Å²) in [5.41, 5.74) is 0. The zero-order chi connectivity index (χ0) is 13.1. The van der Waals surface area contributed by atoms with E-state index < -0.39 is 0 Å². The Hall–Kier alpha value is -1.97. The van der Waals surface area contributed by atoms with Gasteiger partial charge in [-0.2, -0.15) is 0 Å². The molecule has 0 aliphatic rings. The zero-order valence-electron chi connectivity index (χ0n) is 11.1. The van der Waals surface area contributed by atoms with Gasteiger partial charge in [-0.25, -0.2) is 4.98 Å². The molecule has 2 aromatic rings. The van der Waals surface area contributed by atoms with Gasteiger partial charge in [0.1, 0.15) is 0 Å². The van der Waals surface area contributed by atoms with Crippen molar-refractivity contribution in [1.29, 1.82) is 0 Å². The van der Waals surface area contributed by atoms with Crippen LogP contribution in [0.1, 0.15) is 13.8 Å². The van der Waals surface area contributed by atoms with Gasteiger partial charge in [0, 0.05) is 17.0 Å². The molecule has 0 radical (unpaired) electrons. The monoisotopic (exact) mass is 247 g/mol. The normalized spacial score (nSPS) is 10.7. The van der Waals surface area contributed by atoms with Crippen LogP contribution in [0.4, 0.5) is 0 Å². The first-order valence-electron chi connectivity index (χ1n) is 5.83. The van der Waals surface area contributed by atoms with Crippen LogP contribution < -0.4 is 14.2 Å². The van der Waals surface area contributed by atoms with Crippen molar-refractivity contribution in [3.63, 3.8) is 0 Å². The summed E-state index contributed by atoms with van der Waals surface area (Å²) in [5, 5.41) is 1.85. The van der Waals surface area contributed by atoms with Crippen molar-refractivity contribution in [1.82, 2.24) is 4.98 Å². The molecule has 1 aromatic carbocycles. The van der Waals surface area contributed by atoms with E-state index in [4.69, 9.17) is 14.2 Å². The van der Waals surface area contributed by atoms with E-state index in [1.807, 2.05) is 32.0 Å². The van der Waals surface area contributed by atoms with Crippen LogP contribution in [-0.4, -0.2) is 25.3 Å². The number of fused-ring (bicyclic) bond motifs is 1. The minimum atomic E-state index is 0.0798. The number of methoxy groups -OCH3 is 2. The van der Waals surface area contributed by atoms with Crippen molar-refractivity contribution in [3.05, 3.63) is 24.4 Å². The topological polar surface area (TPSA) is 40.6 Å². The fourth-order valence-corrected chi connectivity index (χ4v) is 1.87. The van der Waals surface area contributed by atoms with Gasteiger partial charge in [0.15, 0.2) is 11.5 Å². The average molecular weight is 247 g/mol. The Morgan fingerprint density at radius 2 is 1.78 bits per heavy atom. The summed E-state index contributed by atoms with van der Waals surface area (Å²) in [7, 11) is 3.25. The Morgan fingerprint density at radius 3 is 2.39 bits per heavy atom. The van der Waals surface area contributed by atoms with E-state index in [9.17, 15) is 0 Å². The van der Waals surface area contributed by atoms with Crippen LogP contribution in [0.3, 0.4) is 0 Å². The highest BCUT2D eigenvalue weighted by atomic mass is 16.5. The van der Waals surface area contributed by atoms with Crippen LogP contribution in [0.25, 0.3) is 10.8 Å². The van der Waals surface area contributed by atoms with E-state index in [2.05, 4.69) is 4.98 Å². The van der Waals surface area contributed by atoms with E-state index in [1.54, 1.807) is 20.4 Å². The Bertz CT molecular complexity index is 552. The lowest BCUT2D eigenvalue weighted by Crippen LogP contribution is -2.07. The fraction of sp³-hybridized carbons (Fsp3) is 0.357. The first-order valence-corrected chi connectivity index (χ1v) is 5.83. The first kappa shape index (κ1) is 12.5. The van der Waals surface area contributed by atoms with Gasteiger partial charge in [0.05, 0.1) is 20.3 Å². The summed E-state index contributed by atoms with van der Waals surface area (Å²) in [5.74, 6) is 2.01. The van der Waals surface area contributed by atoms with Crippen molar-refractivity contribution in [2.75, 3.05) is 14.2 Å². The lowest BCUT2D eigenvalue weighted by atomic mass is 10.1. The maximum Gasteiger partial charge on any atom is 0.221 e. The Morgan fingerprint density at radius 1 is 1.00 bits per heavy atom. The third-order valence-electron chi connectivity index (χ3n) is 2.59. The van der Waals surface area contributed by atoms with Crippen molar-refractivity contribution < 1.29 is 14.2 Å². The van der Waals surface area contributed by atoms with Crippen molar-refractivity contribution >= 4 is 10.8 Å². The summed E-state index contributed by atoms with van der Waals surface area (Å²) in [4.78, 5) is 4.26. The molecule has 0 aliphatic heterocycles. The molecule has 2 rings (SSSR count). The molecular formula is C14H17NO3. The predicted octanol–water partition coefficient (Wildman–Crippen LogP) is 3.04. The Kier molecular flexibility index (Phi) is 3.55. The molecule has 4 heteroatoms. The Balaban J connectivity index is 2.65. The van der Waals surface area contributed by atoms with E-state index in [0.29, 0.717) is 17.4 Å². The van der Waals surface area contributed by atoms with E-state index in [1.165, 1.54) is 0 Å². The van der Waals surface area contributed by atoms with Crippen molar-refractivity contribution in [3.8, 4) is 17.4 Å². The predicted molar refractivity (Wildman–Crippen MR) is 70.6 cm³/mol. The van der Waals surface area contributed by atoms with Crippen LogP contribution in [0, 0.1) is 0 Å². The highest BCUT2D eigenvalue weighted by Crippen LogP contribution is 2.38.